The van der Waals surface area contributed by atoms with Gasteiger partial charge in [0, 0.05) is 35.6 Å². The van der Waals surface area contributed by atoms with Gasteiger partial charge in [-0.05, 0) is 56.2 Å². The third-order valence-corrected chi connectivity index (χ3v) is 7.24. The Morgan fingerprint density at radius 3 is 2.47 bits per heavy atom. The van der Waals surface area contributed by atoms with Crippen LogP contribution >= 0.6 is 15.9 Å². The molecule has 160 valence electrons. The number of esters is 1. The van der Waals surface area contributed by atoms with Gasteiger partial charge in [-0.15, -0.1) is 0 Å². The van der Waals surface area contributed by atoms with Crippen LogP contribution in [0.5, 0.6) is 0 Å². The molecule has 0 saturated carbocycles. The van der Waals surface area contributed by atoms with Crippen molar-refractivity contribution in [2.45, 2.75) is 30.8 Å². The molecule has 2 heterocycles. The number of halogens is 1. The van der Waals surface area contributed by atoms with E-state index in [0.717, 1.165) is 4.47 Å². The average Bonchev–Trinajstić information content (AvgIpc) is 2.76. The van der Waals surface area contributed by atoms with Crippen LogP contribution in [0.3, 0.4) is 0 Å². The van der Waals surface area contributed by atoms with Gasteiger partial charge in [0.1, 0.15) is 4.90 Å². The summed E-state index contributed by atoms with van der Waals surface area (Å²) in [6.07, 6.45) is 2.52. The molecule has 1 aliphatic heterocycles. The molecule has 10 heteroatoms. The Kier molecular flexibility index (Phi) is 7.22. The number of hydrogen-bond acceptors (Lipinski definition) is 6. The third kappa shape index (κ3) is 5.44. The monoisotopic (exact) mass is 495 g/mol. The molecule has 0 bridgehead atoms. The first kappa shape index (κ1) is 22.4. The van der Waals surface area contributed by atoms with Crippen molar-refractivity contribution in [3.8, 4) is 0 Å². The van der Waals surface area contributed by atoms with Gasteiger partial charge in [0.25, 0.3) is 5.91 Å². The lowest BCUT2D eigenvalue weighted by Gasteiger charge is -2.30. The SMILES string of the molecule is CC(OC(=O)C1CCN(S(=O)(=O)c2cccnc2)CC1)C(=O)Nc1ccc(Br)cc1. The topological polar surface area (TPSA) is 106 Å². The highest BCUT2D eigenvalue weighted by Crippen LogP contribution is 2.24. The van der Waals surface area contributed by atoms with Gasteiger partial charge in [-0.2, -0.15) is 4.31 Å². The number of piperidine rings is 1. The highest BCUT2D eigenvalue weighted by Gasteiger charge is 2.34. The van der Waals surface area contributed by atoms with E-state index in [9.17, 15) is 18.0 Å². The number of hydrogen-bond donors (Lipinski definition) is 1. The predicted octanol–water partition coefficient (Wildman–Crippen LogP) is 2.82. The molecule has 0 spiro atoms. The van der Waals surface area contributed by atoms with E-state index in [1.165, 1.54) is 29.7 Å². The molecule has 1 unspecified atom stereocenters. The number of aromatic nitrogens is 1. The third-order valence-electron chi connectivity index (χ3n) is 4.83. The lowest BCUT2D eigenvalue weighted by molar-refractivity contribution is -0.158. The summed E-state index contributed by atoms with van der Waals surface area (Å²) in [6.45, 7) is 1.92. The fraction of sp³-hybridized carbons (Fsp3) is 0.350. The minimum absolute atomic E-state index is 0.129. The molecule has 30 heavy (non-hydrogen) atoms. The lowest BCUT2D eigenvalue weighted by Crippen LogP contribution is -2.41. The molecule has 0 aliphatic carbocycles. The molecule has 1 N–H and O–H groups in total. The van der Waals surface area contributed by atoms with Crippen LogP contribution in [0.1, 0.15) is 19.8 Å². The average molecular weight is 496 g/mol. The fourth-order valence-corrected chi connectivity index (χ4v) is 4.78. The van der Waals surface area contributed by atoms with Crippen LogP contribution in [0.25, 0.3) is 0 Å². The summed E-state index contributed by atoms with van der Waals surface area (Å²) in [5.74, 6) is -1.37. The van der Waals surface area contributed by atoms with E-state index in [0.29, 0.717) is 18.5 Å². The Labute approximate surface area is 183 Å². The van der Waals surface area contributed by atoms with E-state index in [-0.39, 0.29) is 18.0 Å². The Bertz CT molecular complexity index is 991. The summed E-state index contributed by atoms with van der Waals surface area (Å²) >= 11 is 3.32. The molecule has 1 fully saturated rings. The van der Waals surface area contributed by atoms with Crippen LogP contribution in [-0.2, 0) is 24.3 Å². The fourth-order valence-electron chi connectivity index (χ4n) is 3.08. The summed E-state index contributed by atoms with van der Waals surface area (Å²) in [5.41, 5.74) is 0.597. The lowest BCUT2D eigenvalue weighted by atomic mass is 9.98. The van der Waals surface area contributed by atoms with Crippen LogP contribution in [0, 0.1) is 5.92 Å². The number of rotatable bonds is 6. The van der Waals surface area contributed by atoms with E-state index in [4.69, 9.17) is 4.74 Å². The number of sulfonamides is 1. The number of carbonyl (C=O) groups is 2. The number of ether oxygens (including phenoxy) is 1. The van der Waals surface area contributed by atoms with E-state index >= 15 is 0 Å². The van der Waals surface area contributed by atoms with Crippen molar-refractivity contribution in [3.63, 3.8) is 0 Å². The Morgan fingerprint density at radius 2 is 1.87 bits per heavy atom. The molecular weight excluding hydrogens is 474 g/mol. The number of anilines is 1. The maximum atomic E-state index is 12.6. The first-order chi connectivity index (χ1) is 14.3. The minimum Gasteiger partial charge on any atom is -0.452 e. The zero-order chi connectivity index (χ0) is 21.7. The van der Waals surface area contributed by atoms with Crippen LogP contribution in [0.2, 0.25) is 0 Å². The first-order valence-electron chi connectivity index (χ1n) is 9.44. The van der Waals surface area contributed by atoms with Crippen molar-refractivity contribution in [1.29, 1.82) is 0 Å². The Morgan fingerprint density at radius 1 is 1.20 bits per heavy atom. The number of benzene rings is 1. The molecule has 8 nitrogen and oxygen atoms in total. The molecule has 1 amide bonds. The van der Waals surface area contributed by atoms with Crippen LogP contribution in [0.15, 0.2) is 58.2 Å². The molecule has 0 radical (unpaired) electrons. The van der Waals surface area contributed by atoms with E-state index in [2.05, 4.69) is 26.2 Å². The van der Waals surface area contributed by atoms with E-state index in [1.54, 1.807) is 30.3 Å². The van der Waals surface area contributed by atoms with Crippen molar-refractivity contribution in [3.05, 3.63) is 53.3 Å². The van der Waals surface area contributed by atoms with E-state index in [1.807, 2.05) is 0 Å². The highest BCUT2D eigenvalue weighted by molar-refractivity contribution is 9.10. The maximum Gasteiger partial charge on any atom is 0.309 e. The normalized spacial score (nSPS) is 16.6. The van der Waals surface area contributed by atoms with Gasteiger partial charge in [0.05, 0.1) is 5.92 Å². The van der Waals surface area contributed by atoms with Gasteiger partial charge < -0.3 is 10.1 Å². The highest BCUT2D eigenvalue weighted by atomic mass is 79.9. The second-order valence-corrected chi connectivity index (χ2v) is 9.80. The second-order valence-electron chi connectivity index (χ2n) is 6.94. The van der Waals surface area contributed by atoms with Gasteiger partial charge in [0.15, 0.2) is 6.10 Å². The van der Waals surface area contributed by atoms with Crippen molar-refractivity contribution in [2.75, 3.05) is 18.4 Å². The Balaban J connectivity index is 1.51. The summed E-state index contributed by atoms with van der Waals surface area (Å²) in [7, 11) is -3.63. The van der Waals surface area contributed by atoms with Gasteiger partial charge in [0.2, 0.25) is 10.0 Å². The van der Waals surface area contributed by atoms with Gasteiger partial charge in [-0.3, -0.25) is 14.6 Å². The van der Waals surface area contributed by atoms with Crippen molar-refractivity contribution in [2.24, 2.45) is 5.92 Å². The van der Waals surface area contributed by atoms with Crippen molar-refractivity contribution < 1.29 is 22.7 Å². The molecule has 1 aliphatic rings. The summed E-state index contributed by atoms with van der Waals surface area (Å²) in [4.78, 5) is 28.7. The van der Waals surface area contributed by atoms with Crippen LogP contribution in [0.4, 0.5) is 5.69 Å². The molecule has 1 aromatic heterocycles. The molecular formula is C20H22BrN3O5S. The zero-order valence-corrected chi connectivity index (χ0v) is 18.7. The predicted molar refractivity (Wildman–Crippen MR) is 114 cm³/mol. The molecule has 1 aromatic carbocycles. The van der Waals surface area contributed by atoms with Gasteiger partial charge in [-0.25, -0.2) is 8.42 Å². The number of nitrogens with zero attached hydrogens (tertiary/aromatic N) is 2. The number of nitrogens with one attached hydrogen (secondary N) is 1. The second kappa shape index (κ2) is 9.67. The van der Waals surface area contributed by atoms with Crippen molar-refractivity contribution >= 4 is 43.5 Å². The van der Waals surface area contributed by atoms with Crippen LogP contribution < -0.4 is 5.32 Å². The quantitative estimate of drug-likeness (QED) is 0.617. The van der Waals surface area contributed by atoms with Gasteiger partial charge >= 0.3 is 5.97 Å². The zero-order valence-electron chi connectivity index (χ0n) is 16.3. The first-order valence-corrected chi connectivity index (χ1v) is 11.7. The summed E-state index contributed by atoms with van der Waals surface area (Å²) < 4.78 is 32.8. The standard InChI is InChI=1S/C20H22BrN3O5S/c1-14(19(25)23-17-6-4-16(21)5-7-17)29-20(26)15-8-11-24(12-9-15)30(27,28)18-3-2-10-22-13-18/h2-7,10,13-15H,8-9,11-12H2,1H3,(H,23,25). The number of pyridine rings is 1. The molecule has 1 saturated heterocycles. The number of carbonyl (C=O) groups excluding carboxylic acids is 2. The maximum absolute atomic E-state index is 12.6. The summed E-state index contributed by atoms with van der Waals surface area (Å²) in [5, 5.41) is 2.69. The number of amides is 1. The largest absolute Gasteiger partial charge is 0.452 e. The Hall–Kier alpha value is -2.30. The summed E-state index contributed by atoms with van der Waals surface area (Å²) in [6, 6.07) is 10.1. The van der Waals surface area contributed by atoms with Crippen molar-refractivity contribution in [1.82, 2.24) is 9.29 Å². The molecule has 3 rings (SSSR count). The van der Waals surface area contributed by atoms with Gasteiger partial charge in [-0.1, -0.05) is 15.9 Å². The molecule has 1 atom stereocenters. The minimum atomic E-state index is -3.63. The van der Waals surface area contributed by atoms with E-state index < -0.39 is 33.9 Å². The van der Waals surface area contributed by atoms with Crippen LogP contribution in [-0.4, -0.2) is 48.8 Å². The smallest absolute Gasteiger partial charge is 0.309 e. The molecule has 2 aromatic rings.